The molecule has 3 heteroatoms. The van der Waals surface area contributed by atoms with E-state index >= 15 is 0 Å². The number of hydrogen-bond acceptors (Lipinski definition) is 2. The molecule has 12 heavy (non-hydrogen) atoms. The second-order valence-electron chi connectivity index (χ2n) is 3.94. The average Bonchev–Trinajstić information content (AvgIpc) is 1.83. The van der Waals surface area contributed by atoms with Crippen LogP contribution in [0.15, 0.2) is 0 Å². The highest BCUT2D eigenvalue weighted by Crippen LogP contribution is 2.11. The van der Waals surface area contributed by atoms with E-state index in [1.165, 1.54) is 0 Å². The highest BCUT2D eigenvalue weighted by Gasteiger charge is 2.09. The molecule has 3 N–H and O–H groups in total. The number of carboxylic acids is 1. The van der Waals surface area contributed by atoms with E-state index in [0.29, 0.717) is 0 Å². The Kier molecular flexibility index (Phi) is 4.90. The van der Waals surface area contributed by atoms with Crippen molar-refractivity contribution >= 4 is 5.97 Å². The van der Waals surface area contributed by atoms with Gasteiger partial charge in [-0.1, -0.05) is 12.8 Å². The number of carboxylic acid groups (broad SMARTS) is 1. The van der Waals surface area contributed by atoms with Crippen molar-refractivity contribution < 1.29 is 9.90 Å². The molecule has 0 heterocycles. The summed E-state index contributed by atoms with van der Waals surface area (Å²) in [6.07, 6.45) is 4.01. The summed E-state index contributed by atoms with van der Waals surface area (Å²) in [7, 11) is 0. The smallest absolute Gasteiger partial charge is 0.303 e. The summed E-state index contributed by atoms with van der Waals surface area (Å²) in [5.74, 6) is -0.706. The summed E-state index contributed by atoms with van der Waals surface area (Å²) in [6, 6.07) is 0. The Morgan fingerprint density at radius 3 is 2.33 bits per heavy atom. The van der Waals surface area contributed by atoms with Gasteiger partial charge in [-0.25, -0.2) is 0 Å². The largest absolute Gasteiger partial charge is 0.481 e. The van der Waals surface area contributed by atoms with Crippen molar-refractivity contribution in [3.8, 4) is 0 Å². The van der Waals surface area contributed by atoms with Gasteiger partial charge in [0.25, 0.3) is 0 Å². The predicted octanol–water partition coefficient (Wildman–Crippen LogP) is 1.76. The van der Waals surface area contributed by atoms with Gasteiger partial charge >= 0.3 is 5.97 Å². The van der Waals surface area contributed by atoms with Crippen LogP contribution in [0, 0.1) is 0 Å². The van der Waals surface area contributed by atoms with Crippen LogP contribution in [0.2, 0.25) is 0 Å². The minimum atomic E-state index is -0.706. The lowest BCUT2D eigenvalue weighted by Crippen LogP contribution is -2.31. The topological polar surface area (TPSA) is 63.3 Å². The summed E-state index contributed by atoms with van der Waals surface area (Å²) in [6.45, 7) is 3.98. The molecule has 0 aromatic heterocycles. The third-order valence-corrected chi connectivity index (χ3v) is 1.71. The number of rotatable bonds is 6. The molecule has 0 atom stereocenters. The lowest BCUT2D eigenvalue weighted by Gasteiger charge is -2.17. The van der Waals surface area contributed by atoms with E-state index in [0.717, 1.165) is 25.7 Å². The van der Waals surface area contributed by atoms with Crippen molar-refractivity contribution in [2.45, 2.75) is 51.5 Å². The quantitative estimate of drug-likeness (QED) is 0.601. The maximum atomic E-state index is 10.1. The fourth-order valence-electron chi connectivity index (χ4n) is 1.03. The molecule has 0 aliphatic rings. The van der Waals surface area contributed by atoms with Gasteiger partial charge in [-0.2, -0.15) is 0 Å². The van der Waals surface area contributed by atoms with Gasteiger partial charge in [0.05, 0.1) is 0 Å². The standard InChI is InChI=1S/C9H19NO2/c1-9(2,10)7-5-3-4-6-8(11)12/h3-7,10H2,1-2H3,(H,11,12). The lowest BCUT2D eigenvalue weighted by atomic mass is 9.98. The zero-order valence-corrected chi connectivity index (χ0v) is 7.97. The van der Waals surface area contributed by atoms with Crippen LogP contribution in [0.25, 0.3) is 0 Å². The van der Waals surface area contributed by atoms with Gasteiger partial charge in [0.1, 0.15) is 0 Å². The van der Waals surface area contributed by atoms with E-state index in [1.54, 1.807) is 0 Å². The fraction of sp³-hybridized carbons (Fsp3) is 0.889. The molecular formula is C9H19NO2. The van der Waals surface area contributed by atoms with Crippen LogP contribution in [-0.2, 0) is 4.79 Å². The minimum absolute atomic E-state index is 0.108. The lowest BCUT2D eigenvalue weighted by molar-refractivity contribution is -0.137. The van der Waals surface area contributed by atoms with E-state index in [4.69, 9.17) is 10.8 Å². The van der Waals surface area contributed by atoms with Gasteiger partial charge in [-0.15, -0.1) is 0 Å². The minimum Gasteiger partial charge on any atom is -0.481 e. The number of carbonyl (C=O) groups is 1. The number of aliphatic carboxylic acids is 1. The molecule has 0 aromatic carbocycles. The third-order valence-electron chi connectivity index (χ3n) is 1.71. The summed E-state index contributed by atoms with van der Waals surface area (Å²) < 4.78 is 0. The van der Waals surface area contributed by atoms with Crippen molar-refractivity contribution in [3.63, 3.8) is 0 Å². The molecule has 0 spiro atoms. The molecule has 0 radical (unpaired) electrons. The maximum Gasteiger partial charge on any atom is 0.303 e. The van der Waals surface area contributed by atoms with Crippen molar-refractivity contribution in [2.75, 3.05) is 0 Å². The third kappa shape index (κ3) is 9.43. The van der Waals surface area contributed by atoms with Gasteiger partial charge in [0, 0.05) is 12.0 Å². The first kappa shape index (κ1) is 11.4. The summed E-state index contributed by atoms with van der Waals surface area (Å²) >= 11 is 0. The van der Waals surface area contributed by atoms with Crippen LogP contribution in [-0.4, -0.2) is 16.6 Å². The fourth-order valence-corrected chi connectivity index (χ4v) is 1.03. The van der Waals surface area contributed by atoms with Gasteiger partial charge in [-0.05, 0) is 26.7 Å². The second-order valence-corrected chi connectivity index (χ2v) is 3.94. The monoisotopic (exact) mass is 173 g/mol. The Morgan fingerprint density at radius 1 is 1.33 bits per heavy atom. The number of hydrogen-bond donors (Lipinski definition) is 2. The molecule has 0 saturated carbocycles. The Labute approximate surface area is 74.0 Å². The number of nitrogens with two attached hydrogens (primary N) is 1. The van der Waals surface area contributed by atoms with E-state index in [9.17, 15) is 4.79 Å². The molecule has 0 saturated heterocycles. The Balaban J connectivity index is 3.17. The van der Waals surface area contributed by atoms with Crippen LogP contribution in [0.3, 0.4) is 0 Å². The predicted molar refractivity (Wildman–Crippen MR) is 49.0 cm³/mol. The molecule has 0 aliphatic heterocycles. The zero-order chi connectivity index (χ0) is 9.61. The molecule has 0 amide bonds. The zero-order valence-electron chi connectivity index (χ0n) is 7.97. The van der Waals surface area contributed by atoms with Crippen LogP contribution in [0.5, 0.6) is 0 Å². The Morgan fingerprint density at radius 2 is 1.92 bits per heavy atom. The van der Waals surface area contributed by atoms with Crippen LogP contribution in [0.4, 0.5) is 0 Å². The first-order valence-corrected chi connectivity index (χ1v) is 4.42. The molecule has 0 aliphatic carbocycles. The van der Waals surface area contributed by atoms with Crippen LogP contribution >= 0.6 is 0 Å². The van der Waals surface area contributed by atoms with E-state index in [-0.39, 0.29) is 12.0 Å². The molecule has 0 bridgehead atoms. The van der Waals surface area contributed by atoms with E-state index < -0.39 is 5.97 Å². The van der Waals surface area contributed by atoms with Gasteiger partial charge in [0.15, 0.2) is 0 Å². The van der Waals surface area contributed by atoms with Gasteiger partial charge in [-0.3, -0.25) is 4.79 Å². The first-order chi connectivity index (χ1) is 5.42. The van der Waals surface area contributed by atoms with E-state index in [1.807, 2.05) is 13.8 Å². The van der Waals surface area contributed by atoms with Crippen LogP contribution in [0.1, 0.15) is 46.0 Å². The SMILES string of the molecule is CC(C)(N)CCCCCC(=O)O. The maximum absolute atomic E-state index is 10.1. The van der Waals surface area contributed by atoms with Crippen molar-refractivity contribution in [3.05, 3.63) is 0 Å². The molecule has 0 fully saturated rings. The van der Waals surface area contributed by atoms with E-state index in [2.05, 4.69) is 0 Å². The first-order valence-electron chi connectivity index (χ1n) is 4.42. The Hall–Kier alpha value is -0.570. The van der Waals surface area contributed by atoms with Gasteiger partial charge in [0.2, 0.25) is 0 Å². The summed E-state index contributed by atoms with van der Waals surface area (Å²) in [5, 5.41) is 8.35. The molecule has 0 unspecified atom stereocenters. The van der Waals surface area contributed by atoms with Crippen LogP contribution < -0.4 is 5.73 Å². The molecule has 72 valence electrons. The second kappa shape index (κ2) is 5.14. The van der Waals surface area contributed by atoms with Gasteiger partial charge < -0.3 is 10.8 Å². The highest BCUT2D eigenvalue weighted by atomic mass is 16.4. The summed E-state index contributed by atoms with van der Waals surface area (Å²) in [4.78, 5) is 10.1. The number of unbranched alkanes of at least 4 members (excludes halogenated alkanes) is 2. The molecule has 0 aromatic rings. The molecule has 0 rings (SSSR count). The summed E-state index contributed by atoms with van der Waals surface area (Å²) in [5.41, 5.74) is 5.65. The van der Waals surface area contributed by atoms with Crippen molar-refractivity contribution in [1.82, 2.24) is 0 Å². The van der Waals surface area contributed by atoms with Crippen molar-refractivity contribution in [1.29, 1.82) is 0 Å². The molecule has 3 nitrogen and oxygen atoms in total. The normalized spacial score (nSPS) is 11.6. The highest BCUT2D eigenvalue weighted by molar-refractivity contribution is 5.66. The molecular weight excluding hydrogens is 154 g/mol. The van der Waals surface area contributed by atoms with Crippen molar-refractivity contribution in [2.24, 2.45) is 5.73 Å². The average molecular weight is 173 g/mol. The Bertz CT molecular complexity index is 138.